The summed E-state index contributed by atoms with van der Waals surface area (Å²) >= 11 is 0. The van der Waals surface area contributed by atoms with E-state index in [-0.39, 0.29) is 31.1 Å². The fourth-order valence-electron chi connectivity index (χ4n) is 7.37. The minimum Gasteiger partial charge on any atom is -0.462 e. The molecule has 0 aromatic rings. The van der Waals surface area contributed by atoms with Gasteiger partial charge in [0, 0.05) is 19.3 Å². The Kier molecular flexibility index (Phi) is 45.8. The highest BCUT2D eigenvalue weighted by Crippen LogP contribution is 2.16. The van der Waals surface area contributed by atoms with E-state index in [4.69, 9.17) is 14.2 Å². The summed E-state index contributed by atoms with van der Waals surface area (Å²) in [4.78, 5) is 37.8. The normalized spacial score (nSPS) is 12.1. The average Bonchev–Trinajstić information content (AvgIpc) is 3.22. The molecule has 0 spiro atoms. The zero-order chi connectivity index (χ0) is 42.3. The van der Waals surface area contributed by atoms with Crippen LogP contribution >= 0.6 is 0 Å². The fraction of sp³-hybridized carbons (Fsp3) is 0.865. The number of ether oxygens (including phenoxy) is 3. The van der Waals surface area contributed by atoms with E-state index in [1.165, 1.54) is 173 Å². The number of hydrogen-bond acceptors (Lipinski definition) is 6. The van der Waals surface area contributed by atoms with Crippen molar-refractivity contribution in [2.75, 3.05) is 13.2 Å². The maximum Gasteiger partial charge on any atom is 0.306 e. The third-order valence-electron chi connectivity index (χ3n) is 11.2. The minimum absolute atomic E-state index is 0.0677. The van der Waals surface area contributed by atoms with Crippen LogP contribution in [0.1, 0.15) is 271 Å². The topological polar surface area (TPSA) is 78.9 Å². The molecule has 0 heterocycles. The summed E-state index contributed by atoms with van der Waals surface area (Å²) in [5.41, 5.74) is 0. The van der Waals surface area contributed by atoms with Gasteiger partial charge >= 0.3 is 17.9 Å². The van der Waals surface area contributed by atoms with E-state index in [2.05, 4.69) is 45.1 Å². The number of allylic oxidation sites excluding steroid dienone is 4. The van der Waals surface area contributed by atoms with Crippen LogP contribution in [0.5, 0.6) is 0 Å². The number of carbonyl (C=O) groups is 3. The van der Waals surface area contributed by atoms with Gasteiger partial charge in [-0.15, -0.1) is 0 Å². The monoisotopic (exact) mass is 817 g/mol. The standard InChI is InChI=1S/C52H96O6/c1-4-7-10-13-16-19-22-23-24-25-26-27-28-29-31-33-36-39-42-45-51(54)57-48-49(47-56-50(53)44-41-38-35-32-21-18-15-12-9-6-3)58-52(55)46-43-40-37-34-30-20-17-14-11-8-5-2/h16,19,22-23,49H,4-15,17-18,20-21,24-48H2,1-3H3/b19-16-,23-22-. The van der Waals surface area contributed by atoms with Gasteiger partial charge < -0.3 is 14.2 Å². The Balaban J connectivity index is 4.26. The molecule has 0 bridgehead atoms. The Morgan fingerprint density at radius 1 is 0.345 bits per heavy atom. The zero-order valence-electron chi connectivity index (χ0n) is 38.8. The van der Waals surface area contributed by atoms with E-state index < -0.39 is 6.10 Å². The van der Waals surface area contributed by atoms with E-state index in [9.17, 15) is 14.4 Å². The molecule has 0 N–H and O–H groups in total. The molecule has 0 radical (unpaired) electrons. The Hall–Kier alpha value is -2.11. The van der Waals surface area contributed by atoms with Gasteiger partial charge in [0.05, 0.1) is 0 Å². The molecule has 0 fully saturated rings. The van der Waals surface area contributed by atoms with E-state index in [1.807, 2.05) is 0 Å². The molecule has 0 saturated heterocycles. The second kappa shape index (κ2) is 47.6. The first kappa shape index (κ1) is 55.9. The molecule has 0 amide bonds. The first-order chi connectivity index (χ1) is 28.5. The van der Waals surface area contributed by atoms with Crippen LogP contribution in [0.2, 0.25) is 0 Å². The molecule has 340 valence electrons. The number of rotatable bonds is 46. The quantitative estimate of drug-likeness (QED) is 0.0263. The molecule has 0 aliphatic rings. The molecule has 0 aliphatic carbocycles. The lowest BCUT2D eigenvalue weighted by Gasteiger charge is -2.18. The maximum absolute atomic E-state index is 12.7. The summed E-state index contributed by atoms with van der Waals surface area (Å²) in [6, 6.07) is 0. The van der Waals surface area contributed by atoms with Crippen molar-refractivity contribution in [3.05, 3.63) is 24.3 Å². The predicted molar refractivity (Wildman–Crippen MR) is 247 cm³/mol. The number of carbonyl (C=O) groups excluding carboxylic acids is 3. The van der Waals surface area contributed by atoms with Crippen LogP contribution in [-0.4, -0.2) is 37.2 Å². The molecule has 0 aromatic heterocycles. The smallest absolute Gasteiger partial charge is 0.306 e. The summed E-state index contributed by atoms with van der Waals surface area (Å²) in [6.45, 7) is 6.61. The summed E-state index contributed by atoms with van der Waals surface area (Å²) in [5, 5.41) is 0. The SMILES string of the molecule is CCCCC/C=C\C=C/CCCCCCCCCCCCC(=O)OCC(COC(=O)CCCCCCCCCCCC)OC(=O)CCCCCCCCCCCCC. The van der Waals surface area contributed by atoms with Crippen LogP contribution < -0.4 is 0 Å². The summed E-state index contributed by atoms with van der Waals surface area (Å²) in [5.74, 6) is -0.862. The lowest BCUT2D eigenvalue weighted by atomic mass is 10.1. The van der Waals surface area contributed by atoms with Gasteiger partial charge in [-0.25, -0.2) is 0 Å². The van der Waals surface area contributed by atoms with Crippen molar-refractivity contribution in [1.82, 2.24) is 0 Å². The summed E-state index contributed by atoms with van der Waals surface area (Å²) in [7, 11) is 0. The van der Waals surface area contributed by atoms with Crippen molar-refractivity contribution in [2.45, 2.75) is 277 Å². The molecule has 58 heavy (non-hydrogen) atoms. The van der Waals surface area contributed by atoms with E-state index in [0.717, 1.165) is 57.8 Å². The molecule has 1 unspecified atom stereocenters. The predicted octanol–water partition coefficient (Wildman–Crippen LogP) is 16.4. The minimum atomic E-state index is -0.764. The van der Waals surface area contributed by atoms with Crippen molar-refractivity contribution >= 4 is 17.9 Å². The van der Waals surface area contributed by atoms with Gasteiger partial charge in [0.1, 0.15) is 13.2 Å². The highest BCUT2D eigenvalue weighted by Gasteiger charge is 2.19. The van der Waals surface area contributed by atoms with E-state index >= 15 is 0 Å². The van der Waals surface area contributed by atoms with Crippen molar-refractivity contribution < 1.29 is 28.6 Å². The first-order valence-corrected chi connectivity index (χ1v) is 25.4. The molecule has 0 rings (SSSR count). The number of unbranched alkanes of at least 4 members (excludes halogenated alkanes) is 32. The van der Waals surface area contributed by atoms with Gasteiger partial charge in [-0.1, -0.05) is 231 Å². The lowest BCUT2D eigenvalue weighted by Crippen LogP contribution is -2.30. The number of esters is 3. The molecule has 0 saturated carbocycles. The Labute approximate surface area is 360 Å². The van der Waals surface area contributed by atoms with Crippen LogP contribution in [0.3, 0.4) is 0 Å². The Bertz CT molecular complexity index is 942. The van der Waals surface area contributed by atoms with E-state index in [0.29, 0.717) is 19.3 Å². The van der Waals surface area contributed by atoms with E-state index in [1.54, 1.807) is 0 Å². The second-order valence-corrected chi connectivity index (χ2v) is 17.1. The average molecular weight is 817 g/mol. The lowest BCUT2D eigenvalue weighted by molar-refractivity contribution is -0.167. The highest BCUT2D eigenvalue weighted by atomic mass is 16.6. The van der Waals surface area contributed by atoms with Crippen LogP contribution in [0.4, 0.5) is 0 Å². The van der Waals surface area contributed by atoms with Crippen LogP contribution in [0.15, 0.2) is 24.3 Å². The third-order valence-corrected chi connectivity index (χ3v) is 11.2. The largest absolute Gasteiger partial charge is 0.462 e. The molecule has 0 aromatic carbocycles. The number of hydrogen-bond donors (Lipinski definition) is 0. The summed E-state index contributed by atoms with van der Waals surface area (Å²) < 4.78 is 16.8. The maximum atomic E-state index is 12.7. The highest BCUT2D eigenvalue weighted by molar-refractivity contribution is 5.71. The molecule has 6 nitrogen and oxygen atoms in total. The third kappa shape index (κ3) is 45.0. The van der Waals surface area contributed by atoms with Crippen molar-refractivity contribution in [2.24, 2.45) is 0 Å². The van der Waals surface area contributed by atoms with Gasteiger partial charge in [-0.05, 0) is 44.9 Å². The van der Waals surface area contributed by atoms with Crippen molar-refractivity contribution in [1.29, 1.82) is 0 Å². The molecule has 0 aliphatic heterocycles. The van der Waals surface area contributed by atoms with Gasteiger partial charge in [0.15, 0.2) is 6.10 Å². The van der Waals surface area contributed by atoms with Crippen molar-refractivity contribution in [3.8, 4) is 0 Å². The van der Waals surface area contributed by atoms with Gasteiger partial charge in [-0.3, -0.25) is 14.4 Å². The van der Waals surface area contributed by atoms with Gasteiger partial charge in [0.25, 0.3) is 0 Å². The summed E-state index contributed by atoms with van der Waals surface area (Å²) in [6.07, 6.45) is 53.0. The zero-order valence-corrected chi connectivity index (χ0v) is 38.8. The molecular weight excluding hydrogens is 721 g/mol. The first-order valence-electron chi connectivity index (χ1n) is 25.4. The Morgan fingerprint density at radius 3 is 0.948 bits per heavy atom. The fourth-order valence-corrected chi connectivity index (χ4v) is 7.37. The molecule has 6 heteroatoms. The second-order valence-electron chi connectivity index (χ2n) is 17.1. The van der Waals surface area contributed by atoms with Gasteiger partial charge in [-0.2, -0.15) is 0 Å². The van der Waals surface area contributed by atoms with Crippen LogP contribution in [0.25, 0.3) is 0 Å². The molecular formula is C52H96O6. The van der Waals surface area contributed by atoms with Crippen molar-refractivity contribution in [3.63, 3.8) is 0 Å². The van der Waals surface area contributed by atoms with Crippen LogP contribution in [-0.2, 0) is 28.6 Å². The Morgan fingerprint density at radius 2 is 0.603 bits per heavy atom. The van der Waals surface area contributed by atoms with Crippen LogP contribution in [0, 0.1) is 0 Å². The van der Waals surface area contributed by atoms with Gasteiger partial charge in [0.2, 0.25) is 0 Å². The molecule has 1 atom stereocenters.